The number of nitro benzene ring substituents is 1. The van der Waals surface area contributed by atoms with E-state index in [-0.39, 0.29) is 18.0 Å². The number of aryl methyl sites for hydroxylation is 1. The average Bonchev–Trinajstić information content (AvgIpc) is 2.53. The molecule has 0 saturated carbocycles. The Morgan fingerprint density at radius 3 is 2.74 bits per heavy atom. The molecule has 2 aromatic carbocycles. The van der Waals surface area contributed by atoms with Crippen molar-refractivity contribution in [1.29, 1.82) is 0 Å². The van der Waals surface area contributed by atoms with Gasteiger partial charge in [0.15, 0.2) is 0 Å². The van der Waals surface area contributed by atoms with Crippen molar-refractivity contribution in [3.8, 4) is 5.75 Å². The van der Waals surface area contributed by atoms with E-state index in [1.54, 1.807) is 6.07 Å². The minimum Gasteiger partial charge on any atom is -0.493 e. The fraction of sp³-hybridized carbons (Fsp3) is 0.235. The molecule has 0 spiro atoms. The number of nitro groups is 1. The zero-order chi connectivity index (χ0) is 16.7. The van der Waals surface area contributed by atoms with Crippen LogP contribution in [0.3, 0.4) is 0 Å². The summed E-state index contributed by atoms with van der Waals surface area (Å²) in [6.45, 7) is 2.40. The van der Waals surface area contributed by atoms with Gasteiger partial charge in [-0.3, -0.25) is 14.9 Å². The second kappa shape index (κ2) is 7.93. The second-order valence-electron chi connectivity index (χ2n) is 5.07. The fourth-order valence-corrected chi connectivity index (χ4v) is 2.05. The van der Waals surface area contributed by atoms with E-state index in [0.717, 1.165) is 11.3 Å². The molecule has 1 N–H and O–H groups in total. The molecule has 6 heteroatoms. The number of nitrogens with one attached hydrogen (secondary N) is 1. The number of carbonyl (C=O) groups excluding carboxylic acids is 1. The van der Waals surface area contributed by atoms with Crippen LogP contribution in [0.5, 0.6) is 5.75 Å². The van der Waals surface area contributed by atoms with Gasteiger partial charge in [-0.05, 0) is 31.0 Å². The first-order valence-corrected chi connectivity index (χ1v) is 7.29. The van der Waals surface area contributed by atoms with E-state index < -0.39 is 4.92 Å². The van der Waals surface area contributed by atoms with Gasteiger partial charge in [0.2, 0.25) is 5.91 Å². The van der Waals surface area contributed by atoms with Crippen LogP contribution < -0.4 is 10.1 Å². The molecule has 120 valence electrons. The highest BCUT2D eigenvalue weighted by atomic mass is 16.6. The Labute approximate surface area is 134 Å². The Balaban J connectivity index is 1.76. The van der Waals surface area contributed by atoms with Crippen LogP contribution in [0.2, 0.25) is 0 Å². The van der Waals surface area contributed by atoms with Crippen molar-refractivity contribution in [2.45, 2.75) is 19.8 Å². The lowest BCUT2D eigenvalue weighted by Crippen LogP contribution is -2.13. The van der Waals surface area contributed by atoms with E-state index in [2.05, 4.69) is 5.32 Å². The Kier molecular flexibility index (Phi) is 5.68. The molecule has 1 amide bonds. The highest BCUT2D eigenvalue weighted by Crippen LogP contribution is 2.18. The van der Waals surface area contributed by atoms with E-state index in [4.69, 9.17) is 4.74 Å². The Bertz CT molecular complexity index is 700. The normalized spacial score (nSPS) is 10.1. The Morgan fingerprint density at radius 1 is 1.22 bits per heavy atom. The lowest BCUT2D eigenvalue weighted by atomic mass is 10.2. The molecule has 6 nitrogen and oxygen atoms in total. The number of rotatable bonds is 7. The number of ether oxygens (including phenoxy) is 1. The summed E-state index contributed by atoms with van der Waals surface area (Å²) in [6, 6.07) is 13.6. The molecule has 0 aliphatic heterocycles. The van der Waals surface area contributed by atoms with Crippen LogP contribution >= 0.6 is 0 Å². The van der Waals surface area contributed by atoms with Gasteiger partial charge >= 0.3 is 0 Å². The summed E-state index contributed by atoms with van der Waals surface area (Å²) < 4.78 is 5.62. The molecule has 0 fully saturated rings. The maximum absolute atomic E-state index is 11.8. The number of benzene rings is 2. The summed E-state index contributed by atoms with van der Waals surface area (Å²) in [7, 11) is 0. The monoisotopic (exact) mass is 314 g/mol. The zero-order valence-corrected chi connectivity index (χ0v) is 12.8. The predicted molar refractivity (Wildman–Crippen MR) is 87.6 cm³/mol. The summed E-state index contributed by atoms with van der Waals surface area (Å²) in [5.41, 5.74) is 1.42. The molecule has 0 atom stereocenters. The SMILES string of the molecule is Cc1ccccc1OCCCC(=O)Nc1cccc([N+](=O)[O-])c1. The number of amides is 1. The van der Waals surface area contributed by atoms with E-state index in [1.165, 1.54) is 18.2 Å². The third-order valence-electron chi connectivity index (χ3n) is 3.24. The van der Waals surface area contributed by atoms with Crippen LogP contribution in [0, 0.1) is 17.0 Å². The summed E-state index contributed by atoms with van der Waals surface area (Å²) in [4.78, 5) is 22.0. The van der Waals surface area contributed by atoms with Crippen LogP contribution in [0.25, 0.3) is 0 Å². The minimum absolute atomic E-state index is 0.0503. The predicted octanol–water partition coefficient (Wildman–Crippen LogP) is 3.70. The number of anilines is 1. The highest BCUT2D eigenvalue weighted by Gasteiger charge is 2.08. The van der Waals surface area contributed by atoms with E-state index in [0.29, 0.717) is 18.7 Å². The Hall–Kier alpha value is -2.89. The molecular formula is C17H18N2O4. The van der Waals surface area contributed by atoms with E-state index in [9.17, 15) is 14.9 Å². The van der Waals surface area contributed by atoms with Crippen molar-refractivity contribution < 1.29 is 14.5 Å². The standard InChI is InChI=1S/C17H18N2O4/c1-13-6-2-3-9-16(13)23-11-5-10-17(20)18-14-7-4-8-15(12-14)19(21)22/h2-4,6-9,12H,5,10-11H2,1H3,(H,18,20). The average molecular weight is 314 g/mol. The number of nitrogens with zero attached hydrogens (tertiary/aromatic N) is 1. The molecule has 0 aromatic heterocycles. The first-order valence-electron chi connectivity index (χ1n) is 7.29. The molecule has 0 aliphatic rings. The third kappa shape index (κ3) is 5.10. The quantitative estimate of drug-likeness (QED) is 0.480. The van der Waals surface area contributed by atoms with Crippen molar-refractivity contribution >= 4 is 17.3 Å². The summed E-state index contributed by atoms with van der Waals surface area (Å²) in [6.07, 6.45) is 0.851. The molecule has 2 aromatic rings. The fourth-order valence-electron chi connectivity index (χ4n) is 2.05. The Morgan fingerprint density at radius 2 is 2.00 bits per heavy atom. The van der Waals surface area contributed by atoms with Gasteiger partial charge in [-0.1, -0.05) is 24.3 Å². The summed E-state index contributed by atoms with van der Waals surface area (Å²) in [5.74, 6) is 0.616. The lowest BCUT2D eigenvalue weighted by molar-refractivity contribution is -0.384. The van der Waals surface area contributed by atoms with Crippen LogP contribution in [-0.2, 0) is 4.79 Å². The molecule has 0 radical (unpaired) electrons. The molecular weight excluding hydrogens is 296 g/mol. The third-order valence-corrected chi connectivity index (χ3v) is 3.24. The molecule has 0 aliphatic carbocycles. The van der Waals surface area contributed by atoms with Crippen molar-refractivity contribution in [3.05, 3.63) is 64.2 Å². The number of para-hydroxylation sites is 1. The molecule has 0 heterocycles. The summed E-state index contributed by atoms with van der Waals surface area (Å²) >= 11 is 0. The topological polar surface area (TPSA) is 81.5 Å². The first kappa shape index (κ1) is 16.5. The molecule has 0 saturated heterocycles. The van der Waals surface area contributed by atoms with Gasteiger partial charge in [0, 0.05) is 24.2 Å². The van der Waals surface area contributed by atoms with Crippen LogP contribution in [0.15, 0.2) is 48.5 Å². The van der Waals surface area contributed by atoms with E-state index in [1.807, 2.05) is 31.2 Å². The minimum atomic E-state index is -0.494. The number of carbonyl (C=O) groups is 1. The number of hydrogen-bond donors (Lipinski definition) is 1. The van der Waals surface area contributed by atoms with Gasteiger partial charge in [-0.25, -0.2) is 0 Å². The summed E-state index contributed by atoms with van der Waals surface area (Å²) in [5, 5.41) is 13.3. The van der Waals surface area contributed by atoms with Crippen molar-refractivity contribution in [3.63, 3.8) is 0 Å². The molecule has 23 heavy (non-hydrogen) atoms. The van der Waals surface area contributed by atoms with Gasteiger partial charge < -0.3 is 10.1 Å². The van der Waals surface area contributed by atoms with Gasteiger partial charge in [0.25, 0.3) is 5.69 Å². The van der Waals surface area contributed by atoms with Gasteiger partial charge in [0.1, 0.15) is 5.75 Å². The highest BCUT2D eigenvalue weighted by molar-refractivity contribution is 5.90. The first-order chi connectivity index (χ1) is 11.1. The smallest absolute Gasteiger partial charge is 0.271 e. The van der Waals surface area contributed by atoms with Crippen LogP contribution in [0.4, 0.5) is 11.4 Å². The van der Waals surface area contributed by atoms with E-state index >= 15 is 0 Å². The molecule has 0 bridgehead atoms. The largest absolute Gasteiger partial charge is 0.493 e. The van der Waals surface area contributed by atoms with Crippen molar-refractivity contribution in [2.75, 3.05) is 11.9 Å². The lowest BCUT2D eigenvalue weighted by Gasteiger charge is -2.09. The number of hydrogen-bond acceptors (Lipinski definition) is 4. The van der Waals surface area contributed by atoms with Crippen molar-refractivity contribution in [1.82, 2.24) is 0 Å². The number of non-ortho nitro benzene ring substituents is 1. The van der Waals surface area contributed by atoms with Gasteiger partial charge in [-0.15, -0.1) is 0 Å². The van der Waals surface area contributed by atoms with Crippen LogP contribution in [0.1, 0.15) is 18.4 Å². The maximum Gasteiger partial charge on any atom is 0.271 e. The molecule has 0 unspecified atom stereocenters. The van der Waals surface area contributed by atoms with Crippen LogP contribution in [-0.4, -0.2) is 17.4 Å². The second-order valence-corrected chi connectivity index (χ2v) is 5.07. The molecule has 2 rings (SSSR count). The maximum atomic E-state index is 11.8. The van der Waals surface area contributed by atoms with Gasteiger partial charge in [0.05, 0.1) is 11.5 Å². The van der Waals surface area contributed by atoms with Gasteiger partial charge in [-0.2, -0.15) is 0 Å². The zero-order valence-electron chi connectivity index (χ0n) is 12.8. The van der Waals surface area contributed by atoms with Crippen molar-refractivity contribution in [2.24, 2.45) is 0 Å².